The van der Waals surface area contributed by atoms with Gasteiger partial charge in [-0.3, -0.25) is 0 Å². The molecular formula is C20H21FN6O2S. The third-order valence-electron chi connectivity index (χ3n) is 4.81. The summed E-state index contributed by atoms with van der Waals surface area (Å²) in [6.07, 6.45) is 0. The van der Waals surface area contributed by atoms with Crippen LogP contribution in [-0.4, -0.2) is 54.1 Å². The SMILES string of the molecule is Cc1cccc(Nc2ccc(N3CCN(S(=O)(=O)c4ccc(F)cc4)CC3)nn2)n1. The first-order chi connectivity index (χ1) is 14.4. The highest BCUT2D eigenvalue weighted by atomic mass is 32.2. The van der Waals surface area contributed by atoms with Crippen molar-refractivity contribution in [3.05, 3.63) is 66.1 Å². The number of nitrogens with one attached hydrogen (secondary N) is 1. The highest BCUT2D eigenvalue weighted by Gasteiger charge is 2.29. The standard InChI is InChI=1S/C20H21FN6O2S/c1-15-3-2-4-18(22-15)23-19-9-10-20(25-24-19)26-11-13-27(14-12-26)30(28,29)17-7-5-16(21)6-8-17/h2-10H,11-14H2,1H3,(H,22,23,24). The van der Waals surface area contributed by atoms with Crippen molar-refractivity contribution in [3.63, 3.8) is 0 Å². The summed E-state index contributed by atoms with van der Waals surface area (Å²) in [6, 6.07) is 14.2. The van der Waals surface area contributed by atoms with Crippen molar-refractivity contribution >= 4 is 27.5 Å². The highest BCUT2D eigenvalue weighted by molar-refractivity contribution is 7.89. The minimum atomic E-state index is -3.64. The maximum atomic E-state index is 13.1. The molecule has 0 saturated carbocycles. The number of nitrogens with zero attached hydrogens (tertiary/aromatic N) is 5. The van der Waals surface area contributed by atoms with Crippen molar-refractivity contribution in [1.82, 2.24) is 19.5 Å². The number of sulfonamides is 1. The van der Waals surface area contributed by atoms with E-state index < -0.39 is 15.8 Å². The Morgan fingerprint density at radius 1 is 0.900 bits per heavy atom. The Balaban J connectivity index is 1.38. The second-order valence-corrected chi connectivity index (χ2v) is 8.85. The molecule has 0 aliphatic carbocycles. The fraction of sp³-hybridized carbons (Fsp3) is 0.250. The van der Waals surface area contributed by atoms with Crippen LogP contribution in [0.15, 0.2) is 59.5 Å². The van der Waals surface area contributed by atoms with Gasteiger partial charge in [-0.1, -0.05) is 6.07 Å². The second kappa shape index (κ2) is 8.33. The van der Waals surface area contributed by atoms with Gasteiger partial charge in [-0.05, 0) is 55.5 Å². The van der Waals surface area contributed by atoms with E-state index >= 15 is 0 Å². The summed E-state index contributed by atoms with van der Waals surface area (Å²) in [4.78, 5) is 6.45. The molecule has 1 fully saturated rings. The van der Waals surface area contributed by atoms with Crippen LogP contribution in [0.25, 0.3) is 0 Å². The van der Waals surface area contributed by atoms with Crippen molar-refractivity contribution in [1.29, 1.82) is 0 Å². The van der Waals surface area contributed by atoms with Gasteiger partial charge >= 0.3 is 0 Å². The minimum absolute atomic E-state index is 0.0947. The third-order valence-corrected chi connectivity index (χ3v) is 6.72. The van der Waals surface area contributed by atoms with Gasteiger partial charge in [-0.15, -0.1) is 10.2 Å². The first kappa shape index (κ1) is 20.2. The van der Waals surface area contributed by atoms with Gasteiger partial charge in [0.05, 0.1) is 4.90 Å². The Hall–Kier alpha value is -3.11. The van der Waals surface area contributed by atoms with Gasteiger partial charge in [-0.25, -0.2) is 17.8 Å². The Morgan fingerprint density at radius 2 is 1.63 bits per heavy atom. The number of pyridine rings is 1. The number of benzene rings is 1. The van der Waals surface area contributed by atoms with Crippen LogP contribution < -0.4 is 10.2 Å². The molecule has 2 aromatic heterocycles. The molecule has 30 heavy (non-hydrogen) atoms. The lowest BCUT2D eigenvalue weighted by atomic mass is 10.3. The molecule has 0 spiro atoms. The van der Waals surface area contributed by atoms with Gasteiger partial charge < -0.3 is 10.2 Å². The monoisotopic (exact) mass is 428 g/mol. The van der Waals surface area contributed by atoms with E-state index in [9.17, 15) is 12.8 Å². The van der Waals surface area contributed by atoms with Crippen LogP contribution in [0, 0.1) is 12.7 Å². The lowest BCUT2D eigenvalue weighted by molar-refractivity contribution is 0.383. The maximum Gasteiger partial charge on any atom is 0.243 e. The molecule has 0 bridgehead atoms. The van der Waals surface area contributed by atoms with Crippen molar-refractivity contribution in [2.45, 2.75) is 11.8 Å². The molecular weight excluding hydrogens is 407 g/mol. The number of aromatic nitrogens is 3. The van der Waals surface area contributed by atoms with Gasteiger partial charge in [0, 0.05) is 31.9 Å². The van der Waals surface area contributed by atoms with E-state index in [1.807, 2.05) is 42.2 Å². The molecule has 1 aliphatic heterocycles. The summed E-state index contributed by atoms with van der Waals surface area (Å²) in [5.41, 5.74) is 0.901. The van der Waals surface area contributed by atoms with Gasteiger partial charge in [0.25, 0.3) is 0 Å². The van der Waals surface area contributed by atoms with E-state index in [-0.39, 0.29) is 4.90 Å². The molecule has 1 N–H and O–H groups in total. The maximum absolute atomic E-state index is 13.1. The summed E-state index contributed by atoms with van der Waals surface area (Å²) < 4.78 is 39.9. The van der Waals surface area contributed by atoms with Crippen LogP contribution in [-0.2, 0) is 10.0 Å². The molecule has 1 aromatic carbocycles. The first-order valence-electron chi connectivity index (χ1n) is 9.47. The zero-order valence-corrected chi connectivity index (χ0v) is 17.2. The van der Waals surface area contributed by atoms with E-state index in [2.05, 4.69) is 20.5 Å². The van der Waals surface area contributed by atoms with Crippen LogP contribution in [0.1, 0.15) is 5.69 Å². The molecule has 156 valence electrons. The molecule has 0 radical (unpaired) electrons. The number of hydrogen-bond acceptors (Lipinski definition) is 7. The van der Waals surface area contributed by atoms with E-state index in [1.54, 1.807) is 0 Å². The average Bonchev–Trinajstić information content (AvgIpc) is 2.75. The van der Waals surface area contributed by atoms with Crippen LogP contribution in [0.2, 0.25) is 0 Å². The number of piperazine rings is 1. The number of aryl methyl sites for hydroxylation is 1. The van der Waals surface area contributed by atoms with Gasteiger partial charge in [-0.2, -0.15) is 4.31 Å². The van der Waals surface area contributed by atoms with Crippen LogP contribution >= 0.6 is 0 Å². The van der Waals surface area contributed by atoms with E-state index in [4.69, 9.17) is 0 Å². The van der Waals surface area contributed by atoms with Crippen molar-refractivity contribution < 1.29 is 12.8 Å². The fourth-order valence-electron chi connectivity index (χ4n) is 3.22. The quantitative estimate of drug-likeness (QED) is 0.668. The molecule has 1 saturated heterocycles. The van der Waals surface area contributed by atoms with Crippen molar-refractivity contribution in [2.24, 2.45) is 0 Å². The summed E-state index contributed by atoms with van der Waals surface area (Å²) in [6.45, 7) is 3.52. The Bertz CT molecular complexity index is 1110. The van der Waals surface area contributed by atoms with Gasteiger partial charge in [0.1, 0.15) is 11.6 Å². The second-order valence-electron chi connectivity index (χ2n) is 6.91. The molecule has 3 aromatic rings. The predicted molar refractivity (Wildman–Crippen MR) is 112 cm³/mol. The molecule has 10 heteroatoms. The topological polar surface area (TPSA) is 91.3 Å². The number of halogens is 1. The Labute approximate surface area is 174 Å². The van der Waals surface area contributed by atoms with E-state index in [0.717, 1.165) is 17.8 Å². The molecule has 3 heterocycles. The summed E-state index contributed by atoms with van der Waals surface area (Å²) in [5.74, 6) is 1.48. The lowest BCUT2D eigenvalue weighted by Crippen LogP contribution is -2.49. The molecule has 1 aliphatic rings. The third kappa shape index (κ3) is 4.39. The van der Waals surface area contributed by atoms with E-state index in [1.165, 1.54) is 16.4 Å². The minimum Gasteiger partial charge on any atom is -0.352 e. The Kier molecular flexibility index (Phi) is 5.60. The predicted octanol–water partition coefficient (Wildman–Crippen LogP) is 2.57. The Morgan fingerprint density at radius 3 is 2.27 bits per heavy atom. The van der Waals surface area contributed by atoms with Crippen LogP contribution in [0.4, 0.5) is 21.8 Å². The van der Waals surface area contributed by atoms with Crippen LogP contribution in [0.3, 0.4) is 0 Å². The smallest absolute Gasteiger partial charge is 0.243 e. The number of hydrogen-bond donors (Lipinski definition) is 1. The zero-order valence-electron chi connectivity index (χ0n) is 16.4. The normalized spacial score (nSPS) is 15.2. The highest BCUT2D eigenvalue weighted by Crippen LogP contribution is 2.21. The van der Waals surface area contributed by atoms with Crippen molar-refractivity contribution in [3.8, 4) is 0 Å². The molecule has 0 atom stereocenters. The first-order valence-corrected chi connectivity index (χ1v) is 10.9. The van der Waals surface area contributed by atoms with E-state index in [0.29, 0.717) is 43.6 Å². The summed E-state index contributed by atoms with van der Waals surface area (Å²) >= 11 is 0. The molecule has 0 amide bonds. The number of rotatable bonds is 5. The molecule has 4 rings (SSSR count). The van der Waals surface area contributed by atoms with Crippen molar-refractivity contribution in [2.75, 3.05) is 36.4 Å². The fourth-order valence-corrected chi connectivity index (χ4v) is 4.64. The zero-order chi connectivity index (χ0) is 21.1. The lowest BCUT2D eigenvalue weighted by Gasteiger charge is -2.34. The van der Waals surface area contributed by atoms with Gasteiger partial charge in [0.2, 0.25) is 10.0 Å². The van der Waals surface area contributed by atoms with Crippen LogP contribution in [0.5, 0.6) is 0 Å². The summed E-state index contributed by atoms with van der Waals surface area (Å²) in [5, 5.41) is 11.6. The average molecular weight is 428 g/mol. The molecule has 0 unspecified atom stereocenters. The molecule has 8 nitrogen and oxygen atoms in total. The van der Waals surface area contributed by atoms with Gasteiger partial charge in [0.15, 0.2) is 11.6 Å². The largest absolute Gasteiger partial charge is 0.352 e. The summed E-state index contributed by atoms with van der Waals surface area (Å²) in [7, 11) is -3.64. The number of anilines is 3.